The topological polar surface area (TPSA) is 65.5 Å². The standard InChI is InChI=1S/C14H20ClN3O2/c15-12-2-3-13(16-10-12)17-14(20)11-4-7-18(8-5-11)6-1-9-19/h2-3,10-11,19H,1,4-9H2,(H,16,17,20). The van der Waals surface area contributed by atoms with Gasteiger partial charge in [0.15, 0.2) is 0 Å². The van der Waals surface area contributed by atoms with Crippen molar-refractivity contribution < 1.29 is 9.90 Å². The Morgan fingerprint density at radius 1 is 1.45 bits per heavy atom. The van der Waals surface area contributed by atoms with E-state index in [1.165, 1.54) is 6.20 Å². The Morgan fingerprint density at radius 3 is 2.80 bits per heavy atom. The van der Waals surface area contributed by atoms with E-state index in [0.29, 0.717) is 10.8 Å². The van der Waals surface area contributed by atoms with Crippen LogP contribution in [0, 0.1) is 5.92 Å². The quantitative estimate of drug-likeness (QED) is 0.869. The van der Waals surface area contributed by atoms with Gasteiger partial charge in [0.05, 0.1) is 5.02 Å². The molecule has 1 aromatic rings. The number of hydrogen-bond acceptors (Lipinski definition) is 4. The molecule has 1 amide bonds. The van der Waals surface area contributed by atoms with Crippen molar-refractivity contribution in [3.8, 4) is 0 Å². The van der Waals surface area contributed by atoms with Gasteiger partial charge in [0, 0.05) is 25.3 Å². The number of nitrogens with one attached hydrogen (secondary N) is 1. The normalized spacial score (nSPS) is 17.1. The molecule has 5 nitrogen and oxygen atoms in total. The summed E-state index contributed by atoms with van der Waals surface area (Å²) in [5.41, 5.74) is 0. The first-order valence-electron chi connectivity index (χ1n) is 6.94. The molecule has 20 heavy (non-hydrogen) atoms. The molecule has 0 atom stereocenters. The largest absolute Gasteiger partial charge is 0.396 e. The van der Waals surface area contributed by atoms with Crippen molar-refractivity contribution in [2.45, 2.75) is 19.3 Å². The average Bonchev–Trinajstić information content (AvgIpc) is 2.48. The maximum absolute atomic E-state index is 12.1. The molecule has 0 aromatic carbocycles. The van der Waals surface area contributed by atoms with E-state index in [0.717, 1.165) is 38.9 Å². The molecule has 2 heterocycles. The minimum atomic E-state index is 0.0293. The van der Waals surface area contributed by atoms with Gasteiger partial charge in [0.1, 0.15) is 5.82 Å². The van der Waals surface area contributed by atoms with Gasteiger partial charge in [-0.25, -0.2) is 4.98 Å². The van der Waals surface area contributed by atoms with Crippen LogP contribution in [0.2, 0.25) is 5.02 Å². The zero-order chi connectivity index (χ0) is 14.4. The molecular formula is C14H20ClN3O2. The van der Waals surface area contributed by atoms with E-state index < -0.39 is 0 Å². The van der Waals surface area contributed by atoms with Gasteiger partial charge in [-0.1, -0.05) is 11.6 Å². The number of anilines is 1. The SMILES string of the molecule is O=C(Nc1ccc(Cl)cn1)C1CCN(CCCO)CC1. The Hall–Kier alpha value is -1.17. The van der Waals surface area contributed by atoms with E-state index in [-0.39, 0.29) is 18.4 Å². The Labute approximate surface area is 123 Å². The second-order valence-corrected chi connectivity index (χ2v) is 5.48. The third-order valence-electron chi connectivity index (χ3n) is 3.57. The molecule has 0 unspecified atom stereocenters. The molecule has 1 saturated heterocycles. The monoisotopic (exact) mass is 297 g/mol. The summed E-state index contributed by atoms with van der Waals surface area (Å²) in [5.74, 6) is 0.613. The van der Waals surface area contributed by atoms with Crippen molar-refractivity contribution in [2.24, 2.45) is 5.92 Å². The third-order valence-corrected chi connectivity index (χ3v) is 3.79. The molecule has 110 valence electrons. The first-order chi connectivity index (χ1) is 9.69. The number of pyridine rings is 1. The van der Waals surface area contributed by atoms with Gasteiger partial charge in [-0.05, 0) is 44.5 Å². The summed E-state index contributed by atoms with van der Waals surface area (Å²) >= 11 is 5.76. The first kappa shape index (κ1) is 15.2. The summed E-state index contributed by atoms with van der Waals surface area (Å²) in [4.78, 5) is 18.5. The van der Waals surface area contributed by atoms with Crippen LogP contribution in [0.4, 0.5) is 5.82 Å². The zero-order valence-electron chi connectivity index (χ0n) is 11.4. The Balaban J connectivity index is 1.78. The maximum Gasteiger partial charge on any atom is 0.228 e. The highest BCUT2D eigenvalue weighted by atomic mass is 35.5. The highest BCUT2D eigenvalue weighted by Crippen LogP contribution is 2.19. The lowest BCUT2D eigenvalue weighted by atomic mass is 9.96. The summed E-state index contributed by atoms with van der Waals surface area (Å²) in [7, 11) is 0. The summed E-state index contributed by atoms with van der Waals surface area (Å²) in [6, 6.07) is 3.41. The first-order valence-corrected chi connectivity index (χ1v) is 7.32. The number of aliphatic hydroxyl groups excluding tert-OH is 1. The fourth-order valence-corrected chi connectivity index (χ4v) is 2.50. The van der Waals surface area contributed by atoms with Crippen LogP contribution in [0.25, 0.3) is 0 Å². The Morgan fingerprint density at radius 2 is 2.20 bits per heavy atom. The molecule has 1 aliphatic heterocycles. The summed E-state index contributed by atoms with van der Waals surface area (Å²) in [5, 5.41) is 12.2. The lowest BCUT2D eigenvalue weighted by Gasteiger charge is -2.30. The second kappa shape index (κ2) is 7.57. The maximum atomic E-state index is 12.1. The molecule has 0 bridgehead atoms. The molecule has 0 aliphatic carbocycles. The number of rotatable bonds is 5. The van der Waals surface area contributed by atoms with Crippen molar-refractivity contribution in [1.82, 2.24) is 9.88 Å². The Kier molecular flexibility index (Phi) is 5.76. The molecule has 0 radical (unpaired) electrons. The summed E-state index contributed by atoms with van der Waals surface area (Å²) in [6.45, 7) is 2.95. The number of amides is 1. The number of likely N-dealkylation sites (tertiary alicyclic amines) is 1. The predicted molar refractivity (Wildman–Crippen MR) is 78.7 cm³/mol. The van der Waals surface area contributed by atoms with E-state index in [2.05, 4.69) is 15.2 Å². The molecule has 1 aliphatic rings. The van der Waals surface area contributed by atoms with Gasteiger partial charge in [0.25, 0.3) is 0 Å². The average molecular weight is 298 g/mol. The lowest BCUT2D eigenvalue weighted by molar-refractivity contribution is -0.121. The molecule has 0 saturated carbocycles. The van der Waals surface area contributed by atoms with Crippen LogP contribution < -0.4 is 5.32 Å². The van der Waals surface area contributed by atoms with Crippen molar-refractivity contribution in [2.75, 3.05) is 31.6 Å². The van der Waals surface area contributed by atoms with Crippen LogP contribution in [0.5, 0.6) is 0 Å². The molecule has 1 fully saturated rings. The molecular weight excluding hydrogens is 278 g/mol. The number of aromatic nitrogens is 1. The molecule has 2 rings (SSSR count). The number of nitrogens with zero attached hydrogens (tertiary/aromatic N) is 2. The summed E-state index contributed by atoms with van der Waals surface area (Å²) < 4.78 is 0. The van der Waals surface area contributed by atoms with Crippen LogP contribution in [0.3, 0.4) is 0 Å². The van der Waals surface area contributed by atoms with Crippen LogP contribution in [-0.4, -0.2) is 47.1 Å². The van der Waals surface area contributed by atoms with E-state index in [1.807, 2.05) is 0 Å². The highest BCUT2D eigenvalue weighted by molar-refractivity contribution is 6.30. The van der Waals surface area contributed by atoms with E-state index >= 15 is 0 Å². The van der Waals surface area contributed by atoms with Gasteiger partial charge >= 0.3 is 0 Å². The van der Waals surface area contributed by atoms with Crippen LogP contribution in [0.1, 0.15) is 19.3 Å². The van der Waals surface area contributed by atoms with Crippen LogP contribution in [0.15, 0.2) is 18.3 Å². The molecule has 2 N–H and O–H groups in total. The number of aliphatic hydroxyl groups is 1. The van der Waals surface area contributed by atoms with Crippen molar-refractivity contribution in [1.29, 1.82) is 0 Å². The van der Waals surface area contributed by atoms with E-state index in [4.69, 9.17) is 16.7 Å². The minimum Gasteiger partial charge on any atom is -0.396 e. The third kappa shape index (κ3) is 4.44. The molecule has 0 spiro atoms. The van der Waals surface area contributed by atoms with Gasteiger partial charge < -0.3 is 15.3 Å². The zero-order valence-corrected chi connectivity index (χ0v) is 12.1. The van der Waals surface area contributed by atoms with E-state index in [9.17, 15) is 4.79 Å². The lowest BCUT2D eigenvalue weighted by Crippen LogP contribution is -2.38. The van der Waals surface area contributed by atoms with Gasteiger partial charge in [0.2, 0.25) is 5.91 Å². The number of hydrogen-bond donors (Lipinski definition) is 2. The minimum absolute atomic E-state index is 0.0293. The van der Waals surface area contributed by atoms with Gasteiger partial charge in [-0.3, -0.25) is 4.79 Å². The fourth-order valence-electron chi connectivity index (χ4n) is 2.39. The van der Waals surface area contributed by atoms with Crippen molar-refractivity contribution in [3.63, 3.8) is 0 Å². The number of carbonyl (C=O) groups is 1. The highest BCUT2D eigenvalue weighted by Gasteiger charge is 2.24. The van der Waals surface area contributed by atoms with Gasteiger partial charge in [-0.15, -0.1) is 0 Å². The van der Waals surface area contributed by atoms with Crippen LogP contribution in [-0.2, 0) is 4.79 Å². The number of halogens is 1. The Bertz CT molecular complexity index is 431. The predicted octanol–water partition coefficient (Wildman–Crippen LogP) is 1.77. The number of piperidine rings is 1. The second-order valence-electron chi connectivity index (χ2n) is 5.04. The fraction of sp³-hybridized carbons (Fsp3) is 0.571. The van der Waals surface area contributed by atoms with Crippen molar-refractivity contribution >= 4 is 23.3 Å². The smallest absolute Gasteiger partial charge is 0.228 e. The molecule has 1 aromatic heterocycles. The van der Waals surface area contributed by atoms with E-state index in [1.54, 1.807) is 12.1 Å². The summed E-state index contributed by atoms with van der Waals surface area (Å²) in [6.07, 6.45) is 4.02. The molecule has 6 heteroatoms. The number of carbonyl (C=O) groups excluding carboxylic acids is 1. The van der Waals surface area contributed by atoms with Crippen molar-refractivity contribution in [3.05, 3.63) is 23.4 Å². The van der Waals surface area contributed by atoms with Crippen LogP contribution >= 0.6 is 11.6 Å². The van der Waals surface area contributed by atoms with Gasteiger partial charge in [-0.2, -0.15) is 0 Å².